The number of amides is 1. The molecule has 0 unspecified atom stereocenters. The van der Waals surface area contributed by atoms with E-state index in [1.807, 2.05) is 0 Å². The Bertz CT molecular complexity index is 967. The van der Waals surface area contributed by atoms with Crippen molar-refractivity contribution >= 4 is 11.6 Å². The average Bonchev–Trinajstić information content (AvgIpc) is 3.13. The fourth-order valence-electron chi connectivity index (χ4n) is 4.67. The van der Waals surface area contributed by atoms with Gasteiger partial charge < -0.3 is 29.5 Å². The lowest BCUT2D eigenvalue weighted by atomic mass is 9.83. The molecule has 1 saturated heterocycles. The smallest absolute Gasteiger partial charge is 0.221 e. The van der Waals surface area contributed by atoms with Crippen LogP contribution in [-0.2, 0) is 21.7 Å². The Labute approximate surface area is 189 Å². The highest BCUT2D eigenvalue weighted by Gasteiger charge is 2.43. The SMILES string of the molecule is COc1ccc(NC(C)=O)c(OC[C@@](C)(O)CN2CCC3(CC2)OCc2ccccc23)c1. The van der Waals surface area contributed by atoms with E-state index in [2.05, 4.69) is 34.5 Å². The van der Waals surface area contributed by atoms with Crippen LogP contribution < -0.4 is 14.8 Å². The van der Waals surface area contributed by atoms with Gasteiger partial charge in [-0.25, -0.2) is 0 Å². The first-order valence-electron chi connectivity index (χ1n) is 11.1. The molecule has 0 saturated carbocycles. The first-order valence-corrected chi connectivity index (χ1v) is 11.1. The molecule has 1 spiro atoms. The van der Waals surface area contributed by atoms with Crippen molar-refractivity contribution in [2.24, 2.45) is 0 Å². The van der Waals surface area contributed by atoms with Crippen molar-refractivity contribution in [1.29, 1.82) is 0 Å². The van der Waals surface area contributed by atoms with E-state index >= 15 is 0 Å². The summed E-state index contributed by atoms with van der Waals surface area (Å²) >= 11 is 0. The lowest BCUT2D eigenvalue weighted by Crippen LogP contribution is -2.50. The van der Waals surface area contributed by atoms with Gasteiger partial charge in [0, 0.05) is 32.6 Å². The summed E-state index contributed by atoms with van der Waals surface area (Å²) in [7, 11) is 1.57. The van der Waals surface area contributed by atoms with Crippen molar-refractivity contribution in [2.45, 2.75) is 44.5 Å². The van der Waals surface area contributed by atoms with Gasteiger partial charge in [0.2, 0.25) is 5.91 Å². The number of carbonyl (C=O) groups excluding carboxylic acids is 1. The summed E-state index contributed by atoms with van der Waals surface area (Å²) in [5, 5.41) is 13.8. The molecule has 2 heterocycles. The van der Waals surface area contributed by atoms with Crippen LogP contribution in [0.25, 0.3) is 0 Å². The number of methoxy groups -OCH3 is 1. The van der Waals surface area contributed by atoms with Gasteiger partial charge in [0.15, 0.2) is 0 Å². The van der Waals surface area contributed by atoms with E-state index in [9.17, 15) is 9.90 Å². The molecule has 2 aliphatic rings. The molecule has 2 aromatic carbocycles. The minimum absolute atomic E-state index is 0.0910. The summed E-state index contributed by atoms with van der Waals surface area (Å²) in [5.41, 5.74) is 1.90. The molecular weight excluding hydrogens is 408 g/mol. The summed E-state index contributed by atoms with van der Waals surface area (Å²) in [4.78, 5) is 13.8. The van der Waals surface area contributed by atoms with Crippen molar-refractivity contribution in [1.82, 2.24) is 4.90 Å². The average molecular weight is 441 g/mol. The fraction of sp³-hybridized carbons (Fsp3) is 0.480. The maximum Gasteiger partial charge on any atom is 0.221 e. The number of ether oxygens (including phenoxy) is 3. The second-order valence-electron chi connectivity index (χ2n) is 9.05. The molecular formula is C25H32N2O5. The van der Waals surface area contributed by atoms with E-state index in [0.29, 0.717) is 30.3 Å². The van der Waals surface area contributed by atoms with Gasteiger partial charge in [-0.3, -0.25) is 4.79 Å². The normalized spacial score (nSPS) is 19.2. The van der Waals surface area contributed by atoms with Crippen molar-refractivity contribution < 1.29 is 24.1 Å². The predicted molar refractivity (Wildman–Crippen MR) is 122 cm³/mol. The second kappa shape index (κ2) is 9.10. The Morgan fingerprint density at radius 2 is 2.00 bits per heavy atom. The number of benzene rings is 2. The molecule has 1 amide bonds. The number of nitrogens with zero attached hydrogens (tertiary/aromatic N) is 1. The summed E-state index contributed by atoms with van der Waals surface area (Å²) < 4.78 is 17.4. The van der Waals surface area contributed by atoms with Crippen LogP contribution in [0.3, 0.4) is 0 Å². The third-order valence-electron chi connectivity index (χ3n) is 6.28. The van der Waals surface area contributed by atoms with Crippen LogP contribution in [-0.4, -0.2) is 54.9 Å². The highest BCUT2D eigenvalue weighted by molar-refractivity contribution is 5.90. The number of fused-ring (bicyclic) bond motifs is 2. The molecule has 32 heavy (non-hydrogen) atoms. The van der Waals surface area contributed by atoms with Crippen LogP contribution >= 0.6 is 0 Å². The third-order valence-corrected chi connectivity index (χ3v) is 6.28. The number of aliphatic hydroxyl groups is 1. The van der Waals surface area contributed by atoms with Crippen molar-refractivity contribution in [3.8, 4) is 11.5 Å². The molecule has 2 aromatic rings. The van der Waals surface area contributed by atoms with Gasteiger partial charge in [0.25, 0.3) is 0 Å². The Hall–Kier alpha value is -2.61. The number of β-amino-alcohol motifs (C(OH)–C–C–N with tert-alkyl or cyclic N) is 1. The number of anilines is 1. The highest BCUT2D eigenvalue weighted by atomic mass is 16.5. The Kier molecular flexibility index (Phi) is 6.42. The number of hydrogen-bond acceptors (Lipinski definition) is 6. The van der Waals surface area contributed by atoms with Gasteiger partial charge in [-0.05, 0) is 43.0 Å². The molecule has 2 N–H and O–H groups in total. The van der Waals surface area contributed by atoms with Crippen LogP contribution in [0, 0.1) is 0 Å². The standard InChI is InChI=1S/C25H32N2O5/c1-18(28)26-22-9-8-20(30-3)14-23(22)31-17-24(2,29)16-27-12-10-25(11-13-27)21-7-5-4-6-19(21)15-32-25/h4-9,14,29H,10-13,15-17H2,1-3H3,(H,26,28)/t24-/m0/s1. The van der Waals surface area contributed by atoms with Crippen LogP contribution in [0.5, 0.6) is 11.5 Å². The molecule has 172 valence electrons. The van der Waals surface area contributed by atoms with E-state index < -0.39 is 5.60 Å². The molecule has 4 rings (SSSR count). The van der Waals surface area contributed by atoms with Gasteiger partial charge in [-0.2, -0.15) is 0 Å². The predicted octanol–water partition coefficient (Wildman–Crippen LogP) is 3.30. The van der Waals surface area contributed by atoms with Gasteiger partial charge in [0.05, 0.1) is 25.0 Å². The van der Waals surface area contributed by atoms with E-state index in [-0.39, 0.29) is 18.1 Å². The van der Waals surface area contributed by atoms with Crippen molar-refractivity contribution in [3.63, 3.8) is 0 Å². The Morgan fingerprint density at radius 1 is 1.25 bits per heavy atom. The summed E-state index contributed by atoms with van der Waals surface area (Å²) in [5.74, 6) is 0.894. The van der Waals surface area contributed by atoms with Crippen LogP contribution in [0.2, 0.25) is 0 Å². The molecule has 0 radical (unpaired) electrons. The van der Waals surface area contributed by atoms with Crippen molar-refractivity contribution in [3.05, 3.63) is 53.6 Å². The Morgan fingerprint density at radius 3 is 2.72 bits per heavy atom. The van der Waals surface area contributed by atoms with E-state index in [1.165, 1.54) is 18.1 Å². The van der Waals surface area contributed by atoms with Gasteiger partial charge in [0.1, 0.15) is 23.7 Å². The fourth-order valence-corrected chi connectivity index (χ4v) is 4.67. The number of likely N-dealkylation sites (tertiary alicyclic amines) is 1. The molecule has 7 nitrogen and oxygen atoms in total. The van der Waals surface area contributed by atoms with E-state index in [4.69, 9.17) is 14.2 Å². The monoisotopic (exact) mass is 440 g/mol. The van der Waals surface area contributed by atoms with Gasteiger partial charge >= 0.3 is 0 Å². The number of rotatable bonds is 7. The molecule has 0 aliphatic carbocycles. The van der Waals surface area contributed by atoms with Gasteiger partial charge in [-0.15, -0.1) is 0 Å². The topological polar surface area (TPSA) is 80.3 Å². The highest BCUT2D eigenvalue weighted by Crippen LogP contribution is 2.44. The van der Waals surface area contributed by atoms with Crippen LogP contribution in [0.1, 0.15) is 37.8 Å². The van der Waals surface area contributed by atoms with Gasteiger partial charge in [-0.1, -0.05) is 24.3 Å². The molecule has 7 heteroatoms. The zero-order valence-electron chi connectivity index (χ0n) is 19.0. The quantitative estimate of drug-likeness (QED) is 0.688. The zero-order chi connectivity index (χ0) is 22.8. The summed E-state index contributed by atoms with van der Waals surface area (Å²) in [6, 6.07) is 13.7. The third kappa shape index (κ3) is 4.90. The first kappa shape index (κ1) is 22.6. The molecule has 0 bridgehead atoms. The molecule has 0 aromatic heterocycles. The first-order chi connectivity index (χ1) is 15.3. The largest absolute Gasteiger partial charge is 0.497 e. The number of piperidine rings is 1. The molecule has 2 aliphatic heterocycles. The molecule has 1 atom stereocenters. The maximum absolute atomic E-state index is 11.5. The van der Waals surface area contributed by atoms with Crippen LogP contribution in [0.4, 0.5) is 5.69 Å². The van der Waals surface area contributed by atoms with Crippen molar-refractivity contribution in [2.75, 3.05) is 38.7 Å². The molecule has 1 fully saturated rings. The minimum atomic E-state index is -1.06. The zero-order valence-corrected chi connectivity index (χ0v) is 19.0. The number of nitrogens with one attached hydrogen (secondary N) is 1. The van der Waals surface area contributed by atoms with E-state index in [1.54, 1.807) is 32.2 Å². The minimum Gasteiger partial charge on any atom is -0.497 e. The second-order valence-corrected chi connectivity index (χ2v) is 9.05. The van der Waals surface area contributed by atoms with Crippen LogP contribution in [0.15, 0.2) is 42.5 Å². The number of carbonyl (C=O) groups is 1. The number of hydrogen-bond donors (Lipinski definition) is 2. The maximum atomic E-state index is 11.5. The summed E-state index contributed by atoms with van der Waals surface area (Å²) in [6.45, 7) is 6.18. The Balaban J connectivity index is 1.35. The summed E-state index contributed by atoms with van der Waals surface area (Å²) in [6.07, 6.45) is 1.81. The van der Waals surface area contributed by atoms with E-state index in [0.717, 1.165) is 25.9 Å². The lowest BCUT2D eigenvalue weighted by Gasteiger charge is -2.41. The lowest BCUT2D eigenvalue weighted by molar-refractivity contribution is -0.114.